The Bertz CT molecular complexity index is 1450. The van der Waals surface area contributed by atoms with Crippen LogP contribution >= 0.6 is 0 Å². The van der Waals surface area contributed by atoms with Gasteiger partial charge in [0.15, 0.2) is 17.3 Å². The number of anilines is 1. The van der Waals surface area contributed by atoms with Crippen LogP contribution in [0.5, 0.6) is 5.75 Å². The van der Waals surface area contributed by atoms with Crippen LogP contribution in [0, 0.1) is 29.3 Å². The summed E-state index contributed by atoms with van der Waals surface area (Å²) >= 11 is 0. The monoisotopic (exact) mass is 614 g/mol. The number of ether oxygens (including phenoxy) is 1. The van der Waals surface area contributed by atoms with Crippen molar-refractivity contribution < 1.29 is 41.9 Å². The zero-order chi connectivity index (χ0) is 31.4. The van der Waals surface area contributed by atoms with Crippen LogP contribution in [0.4, 0.5) is 18.9 Å². The number of hydrogen-bond acceptors (Lipinski definition) is 6. The second kappa shape index (κ2) is 13.5. The minimum absolute atomic E-state index is 0.0568. The van der Waals surface area contributed by atoms with Crippen molar-refractivity contribution in [3.05, 3.63) is 59.4 Å². The summed E-state index contributed by atoms with van der Waals surface area (Å²) in [5.41, 5.74) is -0.00183. The molecule has 44 heavy (non-hydrogen) atoms. The Kier molecular flexibility index (Phi) is 9.50. The van der Waals surface area contributed by atoms with Gasteiger partial charge < -0.3 is 26.0 Å². The van der Waals surface area contributed by atoms with Gasteiger partial charge in [0.1, 0.15) is 18.5 Å². The van der Waals surface area contributed by atoms with E-state index in [9.17, 15) is 37.1 Å². The minimum atomic E-state index is -1.52. The van der Waals surface area contributed by atoms with Crippen molar-refractivity contribution in [3.8, 4) is 5.75 Å². The second-order valence-electron chi connectivity index (χ2n) is 11.5. The van der Waals surface area contributed by atoms with Crippen LogP contribution in [-0.4, -0.2) is 48.1 Å². The number of amides is 4. The maximum Gasteiger partial charge on any atom is 0.313 e. The highest BCUT2D eigenvalue weighted by atomic mass is 19.2. The topological polar surface area (TPSA) is 143 Å². The molecule has 2 fully saturated rings. The van der Waals surface area contributed by atoms with E-state index in [4.69, 9.17) is 4.74 Å². The van der Waals surface area contributed by atoms with Crippen molar-refractivity contribution in [2.24, 2.45) is 11.8 Å². The molecule has 4 amide bonds. The molecule has 13 heteroatoms. The third-order valence-corrected chi connectivity index (χ3v) is 8.46. The van der Waals surface area contributed by atoms with E-state index < -0.39 is 83.3 Å². The number of fused-ring (bicyclic) bond motifs is 4. The van der Waals surface area contributed by atoms with Crippen molar-refractivity contribution in [2.75, 3.05) is 11.9 Å². The number of ketones is 1. The van der Waals surface area contributed by atoms with Gasteiger partial charge in [0.25, 0.3) is 0 Å². The first-order chi connectivity index (χ1) is 21.1. The Hall–Kier alpha value is -4.42. The molecule has 2 aromatic rings. The molecule has 1 unspecified atom stereocenters. The third kappa shape index (κ3) is 7.03. The van der Waals surface area contributed by atoms with E-state index in [1.165, 1.54) is 0 Å². The molecule has 0 aromatic heterocycles. The average molecular weight is 615 g/mol. The number of para-hydroxylation sites is 1. The van der Waals surface area contributed by atoms with E-state index in [0.717, 1.165) is 32.1 Å². The van der Waals surface area contributed by atoms with Gasteiger partial charge >= 0.3 is 11.8 Å². The molecule has 1 aliphatic carbocycles. The Balaban J connectivity index is 1.34. The van der Waals surface area contributed by atoms with Gasteiger partial charge in [-0.05, 0) is 37.3 Å². The van der Waals surface area contributed by atoms with Gasteiger partial charge in [-0.2, -0.15) is 4.39 Å². The summed E-state index contributed by atoms with van der Waals surface area (Å²) in [6.45, 7) is -0.843. The SMILES string of the molecule is O=C(Nc1ccccc1)C(=O)N[C@@H](CC1CCCCC1)C(=O)N[C@H]1C[C@@H]2CC(NC2=O)c2c(F)cc(F)c(F)c2OCC1=O. The lowest BCUT2D eigenvalue weighted by Crippen LogP contribution is -2.55. The van der Waals surface area contributed by atoms with Gasteiger partial charge in [-0.3, -0.25) is 24.0 Å². The molecular formula is C31H33F3N4O6. The lowest BCUT2D eigenvalue weighted by molar-refractivity contribution is -0.138. The van der Waals surface area contributed by atoms with Gasteiger partial charge in [-0.25, -0.2) is 8.78 Å². The number of rotatable bonds is 6. The van der Waals surface area contributed by atoms with E-state index in [1.54, 1.807) is 30.3 Å². The number of halogens is 3. The van der Waals surface area contributed by atoms with E-state index in [-0.39, 0.29) is 30.7 Å². The summed E-state index contributed by atoms with van der Waals surface area (Å²) in [6, 6.07) is 5.14. The summed E-state index contributed by atoms with van der Waals surface area (Å²) in [5, 5.41) is 10.1. The van der Waals surface area contributed by atoms with Crippen molar-refractivity contribution >= 4 is 35.1 Å². The molecule has 234 valence electrons. The largest absolute Gasteiger partial charge is 0.482 e. The van der Waals surface area contributed by atoms with E-state index in [1.807, 2.05) is 0 Å². The fraction of sp³-hybridized carbons (Fsp3) is 0.452. The van der Waals surface area contributed by atoms with Crippen LogP contribution in [0.25, 0.3) is 0 Å². The Labute approximate surface area is 251 Å². The normalized spacial score (nSPS) is 22.6. The fourth-order valence-electron chi connectivity index (χ4n) is 6.18. The standard InChI is InChI=1S/C31H33F3N4O6/c32-19-14-20(33)26(34)27-25(19)22-13-17(28(40)37-22)12-21(24(39)15-44-27)36-29(41)23(11-16-7-3-1-4-8-16)38-31(43)30(42)35-18-9-5-2-6-10-18/h2,5-6,9-10,14,16-17,21-23H,1,3-4,7-8,11-13,15H2,(H,35,42)(H,36,41)(H,37,40)(H,38,43)/t17-,21+,22?,23+/m1/s1. The molecule has 0 spiro atoms. The first-order valence-electron chi connectivity index (χ1n) is 14.7. The van der Waals surface area contributed by atoms with Crippen LogP contribution in [0.3, 0.4) is 0 Å². The Morgan fingerprint density at radius 3 is 2.41 bits per heavy atom. The smallest absolute Gasteiger partial charge is 0.313 e. The van der Waals surface area contributed by atoms with Crippen LogP contribution in [0.15, 0.2) is 36.4 Å². The number of Topliss-reactive ketones (excluding diaryl/α,β-unsaturated/α-hetero) is 1. The van der Waals surface area contributed by atoms with Crippen LogP contribution in [0.2, 0.25) is 0 Å². The molecule has 3 aliphatic rings. The minimum Gasteiger partial charge on any atom is -0.482 e. The first kappa shape index (κ1) is 31.0. The first-order valence-corrected chi connectivity index (χ1v) is 14.7. The molecule has 2 heterocycles. The molecule has 1 saturated heterocycles. The van der Waals surface area contributed by atoms with Gasteiger partial charge in [-0.15, -0.1) is 0 Å². The molecule has 5 rings (SSSR count). The highest BCUT2D eigenvalue weighted by Crippen LogP contribution is 2.40. The Morgan fingerprint density at radius 1 is 0.955 bits per heavy atom. The molecule has 2 aromatic carbocycles. The number of benzene rings is 2. The maximum absolute atomic E-state index is 14.7. The van der Waals surface area contributed by atoms with E-state index in [2.05, 4.69) is 21.3 Å². The van der Waals surface area contributed by atoms with Crippen molar-refractivity contribution in [1.82, 2.24) is 16.0 Å². The number of nitrogens with one attached hydrogen (secondary N) is 4. The number of carbonyl (C=O) groups excluding carboxylic acids is 5. The number of carbonyl (C=O) groups is 5. The zero-order valence-electron chi connectivity index (χ0n) is 23.8. The van der Waals surface area contributed by atoms with Crippen LogP contribution in [0.1, 0.15) is 63.0 Å². The maximum atomic E-state index is 14.7. The molecule has 0 radical (unpaired) electrons. The van der Waals surface area contributed by atoms with Gasteiger partial charge in [0.05, 0.1) is 17.6 Å². The van der Waals surface area contributed by atoms with Crippen LogP contribution < -0.4 is 26.0 Å². The molecule has 2 bridgehead atoms. The van der Waals surface area contributed by atoms with Crippen LogP contribution in [-0.2, 0) is 24.0 Å². The van der Waals surface area contributed by atoms with Gasteiger partial charge in [-0.1, -0.05) is 50.3 Å². The third-order valence-electron chi connectivity index (χ3n) is 8.46. The predicted octanol–water partition coefficient (Wildman–Crippen LogP) is 3.21. The lowest BCUT2D eigenvalue weighted by atomic mass is 9.84. The number of hydrogen-bond donors (Lipinski definition) is 4. The molecular weight excluding hydrogens is 581 g/mol. The summed E-state index contributed by atoms with van der Waals surface area (Å²) in [5.74, 6) is -9.83. The molecule has 4 atom stereocenters. The highest BCUT2D eigenvalue weighted by Gasteiger charge is 2.42. The second-order valence-corrected chi connectivity index (χ2v) is 11.5. The molecule has 10 nitrogen and oxygen atoms in total. The highest BCUT2D eigenvalue weighted by molar-refractivity contribution is 6.40. The van der Waals surface area contributed by atoms with Gasteiger partial charge in [0.2, 0.25) is 17.6 Å². The summed E-state index contributed by atoms with van der Waals surface area (Å²) in [6.07, 6.45) is 4.61. The zero-order valence-corrected chi connectivity index (χ0v) is 23.8. The van der Waals surface area contributed by atoms with Crippen molar-refractivity contribution in [3.63, 3.8) is 0 Å². The quantitative estimate of drug-likeness (QED) is 0.291. The predicted molar refractivity (Wildman–Crippen MR) is 151 cm³/mol. The molecule has 2 aliphatic heterocycles. The lowest BCUT2D eigenvalue weighted by Gasteiger charge is -2.28. The van der Waals surface area contributed by atoms with E-state index >= 15 is 0 Å². The Morgan fingerprint density at radius 2 is 1.68 bits per heavy atom. The summed E-state index contributed by atoms with van der Waals surface area (Å²) in [4.78, 5) is 65.1. The van der Waals surface area contributed by atoms with Crippen molar-refractivity contribution in [2.45, 2.75) is 69.5 Å². The molecule has 1 saturated carbocycles. The molecule has 4 N–H and O–H groups in total. The summed E-state index contributed by atoms with van der Waals surface area (Å²) in [7, 11) is 0. The van der Waals surface area contributed by atoms with Gasteiger partial charge in [0, 0.05) is 17.7 Å². The summed E-state index contributed by atoms with van der Waals surface area (Å²) < 4.78 is 48.7. The fourth-order valence-corrected chi connectivity index (χ4v) is 6.18. The van der Waals surface area contributed by atoms with E-state index in [0.29, 0.717) is 11.8 Å². The average Bonchev–Trinajstić information content (AvgIpc) is 3.36. The van der Waals surface area contributed by atoms with Crippen molar-refractivity contribution in [1.29, 1.82) is 0 Å².